The number of aromatic nitrogens is 6. The van der Waals surface area contributed by atoms with Gasteiger partial charge in [0.15, 0.2) is 11.6 Å². The van der Waals surface area contributed by atoms with Crippen molar-refractivity contribution in [2.75, 3.05) is 30.0 Å². The highest BCUT2D eigenvalue weighted by Crippen LogP contribution is 2.37. The van der Waals surface area contributed by atoms with Crippen molar-refractivity contribution in [3.8, 4) is 16.9 Å². The number of nitrogens with one attached hydrogen (secondary N) is 1. The summed E-state index contributed by atoms with van der Waals surface area (Å²) in [5, 5.41) is 22.4. The monoisotopic (exact) mass is 642 g/mol. The van der Waals surface area contributed by atoms with Crippen molar-refractivity contribution in [3.05, 3.63) is 92.6 Å². The Bertz CT molecular complexity index is 2050. The number of fused-ring (bicyclic) bond motifs is 3. The van der Waals surface area contributed by atoms with Crippen LogP contribution in [0.4, 0.5) is 17.3 Å². The van der Waals surface area contributed by atoms with Crippen LogP contribution in [0.2, 0.25) is 0 Å². The number of aryl methyl sites for hydroxylation is 1. The van der Waals surface area contributed by atoms with E-state index in [1.807, 2.05) is 22.7 Å². The molecule has 0 saturated carbocycles. The average Bonchev–Trinajstić information content (AvgIpc) is 3.52. The maximum absolute atomic E-state index is 13.8. The number of ether oxygens (including phenoxy) is 1. The zero-order valence-electron chi connectivity index (χ0n) is 26.3. The molecule has 12 nitrogen and oxygen atoms in total. The van der Waals surface area contributed by atoms with E-state index < -0.39 is 0 Å². The Balaban J connectivity index is 0.00000372. The molecule has 0 aromatic carbocycles. The van der Waals surface area contributed by atoms with Gasteiger partial charge in [-0.05, 0) is 66.6 Å². The first-order chi connectivity index (χ1) is 21.6. The third-order valence-corrected chi connectivity index (χ3v) is 8.84. The number of aliphatic hydroxyl groups is 1. The fraction of sp³-hybridized carbons (Fsp3) is 0.364. The molecular formula is C33H38N8O4S. The quantitative estimate of drug-likeness (QED) is 0.286. The summed E-state index contributed by atoms with van der Waals surface area (Å²) in [7, 11) is 1.66. The zero-order valence-corrected chi connectivity index (χ0v) is 27.3. The van der Waals surface area contributed by atoms with Crippen LogP contribution >= 0.6 is 13.5 Å². The Kier molecular flexibility index (Phi) is 8.25. The lowest BCUT2D eigenvalue weighted by Crippen LogP contribution is -2.44. The van der Waals surface area contributed by atoms with Gasteiger partial charge in [0, 0.05) is 55.2 Å². The van der Waals surface area contributed by atoms with E-state index >= 15 is 0 Å². The molecule has 1 atom stereocenters. The van der Waals surface area contributed by atoms with E-state index in [1.54, 1.807) is 43.8 Å². The molecule has 2 aliphatic rings. The normalized spacial score (nSPS) is 17.2. The van der Waals surface area contributed by atoms with Crippen molar-refractivity contribution in [2.45, 2.75) is 46.3 Å². The van der Waals surface area contributed by atoms with Crippen LogP contribution in [0.15, 0.2) is 64.7 Å². The van der Waals surface area contributed by atoms with Gasteiger partial charge in [-0.15, -0.1) is 10.2 Å². The summed E-state index contributed by atoms with van der Waals surface area (Å²) >= 11 is 0. The second-order valence-electron chi connectivity index (χ2n) is 12.8. The molecular weight excluding hydrogens is 604 g/mol. The Labute approximate surface area is 272 Å². The van der Waals surface area contributed by atoms with Crippen molar-refractivity contribution in [2.24, 2.45) is 12.5 Å². The molecule has 240 valence electrons. The van der Waals surface area contributed by atoms with Gasteiger partial charge in [0.1, 0.15) is 17.0 Å². The SMILES string of the molecule is C[C@H]1COCCN1c1ccc(Nc2cc(-c3ccnc(-n4ccn5c6c(cc5c4=O)CC(C)(C)C6)c3CO)cn(C)c2=O)nn1.S. The number of anilines is 3. The number of aliphatic hydroxyl groups excluding tert-OH is 1. The van der Waals surface area contributed by atoms with Crippen LogP contribution in [-0.2, 0) is 31.2 Å². The second kappa shape index (κ2) is 12.0. The summed E-state index contributed by atoms with van der Waals surface area (Å²) in [5.41, 5.74) is 4.73. The van der Waals surface area contributed by atoms with Gasteiger partial charge in [-0.3, -0.25) is 14.2 Å². The molecule has 13 heteroatoms. The van der Waals surface area contributed by atoms with Gasteiger partial charge in [-0.1, -0.05) is 13.8 Å². The molecule has 1 saturated heterocycles. The van der Waals surface area contributed by atoms with Crippen molar-refractivity contribution < 1.29 is 9.84 Å². The smallest absolute Gasteiger partial charge is 0.280 e. The minimum Gasteiger partial charge on any atom is -0.392 e. The van der Waals surface area contributed by atoms with E-state index in [2.05, 4.69) is 46.2 Å². The molecule has 6 heterocycles. The number of hydrogen-bond acceptors (Lipinski definition) is 9. The molecule has 1 aliphatic carbocycles. The number of hydrogen-bond donors (Lipinski definition) is 2. The Hall–Kier alpha value is -4.46. The molecule has 0 amide bonds. The highest BCUT2D eigenvalue weighted by molar-refractivity contribution is 7.59. The summed E-state index contributed by atoms with van der Waals surface area (Å²) in [6.07, 6.45) is 8.74. The number of pyridine rings is 2. The molecule has 1 fully saturated rings. The van der Waals surface area contributed by atoms with Crippen LogP contribution in [0.5, 0.6) is 0 Å². The zero-order chi connectivity index (χ0) is 31.5. The lowest BCUT2D eigenvalue weighted by Gasteiger charge is -2.33. The first-order valence-electron chi connectivity index (χ1n) is 15.1. The molecule has 46 heavy (non-hydrogen) atoms. The summed E-state index contributed by atoms with van der Waals surface area (Å²) in [4.78, 5) is 33.6. The van der Waals surface area contributed by atoms with E-state index in [0.717, 1.165) is 25.2 Å². The van der Waals surface area contributed by atoms with Crippen LogP contribution in [-0.4, -0.2) is 59.6 Å². The average molecular weight is 643 g/mol. The maximum Gasteiger partial charge on any atom is 0.280 e. The van der Waals surface area contributed by atoms with E-state index in [0.29, 0.717) is 52.7 Å². The Morgan fingerprint density at radius 3 is 2.65 bits per heavy atom. The van der Waals surface area contributed by atoms with E-state index in [1.165, 1.54) is 20.4 Å². The van der Waals surface area contributed by atoms with Gasteiger partial charge in [-0.2, -0.15) is 13.5 Å². The standard InChI is InChI=1S/C33H36N8O4.H2S/c1-20-19-45-12-11-39(20)29-6-5-28(36-37-29)35-25-13-22(17-38(4)31(25)43)23-7-8-34-30(24(23)18-42)41-10-9-40-26(32(41)44)14-21-15-33(2,3)16-27(21)40;/h5-10,13-14,17,20,42H,11-12,15-16,18-19H2,1-4H3,(H,35,36);1H2/t20-;/m0./s1. The van der Waals surface area contributed by atoms with Gasteiger partial charge < -0.3 is 29.0 Å². The fourth-order valence-corrected chi connectivity index (χ4v) is 6.64. The van der Waals surface area contributed by atoms with E-state index in [9.17, 15) is 14.7 Å². The van der Waals surface area contributed by atoms with Crippen LogP contribution < -0.4 is 21.3 Å². The lowest BCUT2D eigenvalue weighted by molar-refractivity contribution is 0.0984. The topological polar surface area (TPSA) is 132 Å². The number of nitrogens with zero attached hydrogens (tertiary/aromatic N) is 7. The summed E-state index contributed by atoms with van der Waals surface area (Å²) in [6.45, 7) is 8.19. The summed E-state index contributed by atoms with van der Waals surface area (Å²) in [5.74, 6) is 1.51. The van der Waals surface area contributed by atoms with Crippen molar-refractivity contribution in [1.29, 1.82) is 0 Å². The van der Waals surface area contributed by atoms with Crippen LogP contribution in [0.3, 0.4) is 0 Å². The van der Waals surface area contributed by atoms with Gasteiger partial charge in [0.25, 0.3) is 11.1 Å². The fourth-order valence-electron chi connectivity index (χ4n) is 6.64. The van der Waals surface area contributed by atoms with E-state index in [4.69, 9.17) is 4.74 Å². The molecule has 2 N–H and O–H groups in total. The highest BCUT2D eigenvalue weighted by Gasteiger charge is 2.32. The molecule has 0 radical (unpaired) electrons. The maximum atomic E-state index is 13.8. The Morgan fingerprint density at radius 2 is 1.91 bits per heavy atom. The predicted molar refractivity (Wildman–Crippen MR) is 182 cm³/mol. The molecule has 0 bridgehead atoms. The summed E-state index contributed by atoms with van der Waals surface area (Å²) < 4.78 is 10.5. The second-order valence-corrected chi connectivity index (χ2v) is 12.8. The summed E-state index contributed by atoms with van der Waals surface area (Å²) in [6, 6.07) is 9.32. The minimum absolute atomic E-state index is 0. The van der Waals surface area contributed by atoms with Gasteiger partial charge >= 0.3 is 0 Å². The molecule has 1 aliphatic heterocycles. The van der Waals surface area contributed by atoms with Crippen LogP contribution in [0.25, 0.3) is 22.5 Å². The largest absolute Gasteiger partial charge is 0.392 e. The first-order valence-corrected chi connectivity index (χ1v) is 15.1. The molecule has 7 rings (SSSR count). The first kappa shape index (κ1) is 31.5. The van der Waals surface area contributed by atoms with Crippen LogP contribution in [0.1, 0.15) is 37.6 Å². The molecule has 0 unspecified atom stereocenters. The molecule has 5 aromatic rings. The predicted octanol–water partition coefficient (Wildman–Crippen LogP) is 3.34. The minimum atomic E-state index is -0.361. The third kappa shape index (κ3) is 5.48. The number of rotatable bonds is 6. The highest BCUT2D eigenvalue weighted by atomic mass is 32.1. The van der Waals surface area contributed by atoms with Gasteiger partial charge in [0.2, 0.25) is 0 Å². The molecule has 0 spiro atoms. The van der Waals surface area contributed by atoms with Gasteiger partial charge in [-0.25, -0.2) is 4.98 Å². The Morgan fingerprint density at radius 1 is 1.09 bits per heavy atom. The van der Waals surface area contributed by atoms with E-state index in [-0.39, 0.29) is 42.7 Å². The van der Waals surface area contributed by atoms with Crippen LogP contribution in [0, 0.1) is 5.41 Å². The van der Waals surface area contributed by atoms with Crippen molar-refractivity contribution in [1.82, 2.24) is 28.7 Å². The third-order valence-electron chi connectivity index (χ3n) is 8.84. The van der Waals surface area contributed by atoms with Gasteiger partial charge in [0.05, 0.1) is 25.9 Å². The van der Waals surface area contributed by atoms with Crippen molar-refractivity contribution in [3.63, 3.8) is 0 Å². The molecule has 5 aromatic heterocycles. The lowest BCUT2D eigenvalue weighted by atomic mass is 9.90. The van der Waals surface area contributed by atoms with Crippen molar-refractivity contribution >= 4 is 36.3 Å². The number of morpholine rings is 1.